The summed E-state index contributed by atoms with van der Waals surface area (Å²) < 4.78 is 38.8. The molecule has 0 saturated carbocycles. The Balaban J connectivity index is -0.0000000201. The fraction of sp³-hybridized carbons (Fsp3) is 0.615. The summed E-state index contributed by atoms with van der Waals surface area (Å²) in [5, 5.41) is 0. The Hall–Kier alpha value is -0.362. The Morgan fingerprint density at radius 2 is 0.619 bits per heavy atom. The standard InChI is InChI=1S/C8H20N.5CO.ClH.Mo/c1-5-9(6-2,7-3)8-4;5*1-2;;/h5-8H2,1-4H3;;;;;;1H;/q+1;;;;;;;/p-1. The molecule has 21 heavy (non-hydrogen) atoms. The maximum atomic E-state index is 7.50. The van der Waals surface area contributed by atoms with Crippen LogP contribution in [0.1, 0.15) is 27.7 Å². The molecule has 8 heteroatoms. The van der Waals surface area contributed by atoms with E-state index in [-0.39, 0.29) is 33.5 Å². The van der Waals surface area contributed by atoms with Crippen LogP contribution in [0.4, 0.5) is 0 Å². The van der Waals surface area contributed by atoms with Crippen LogP contribution in [0.3, 0.4) is 0 Å². The van der Waals surface area contributed by atoms with Crippen molar-refractivity contribution in [3.8, 4) is 0 Å². The quantitative estimate of drug-likeness (QED) is 0.242. The summed E-state index contributed by atoms with van der Waals surface area (Å²) >= 11 is 0. The summed E-state index contributed by atoms with van der Waals surface area (Å²) in [6, 6.07) is 0. The van der Waals surface area contributed by atoms with Crippen LogP contribution in [0.2, 0.25) is 0 Å². The molecule has 0 unspecified atom stereocenters. The van der Waals surface area contributed by atoms with Gasteiger partial charge >= 0.3 is 56.5 Å². The van der Waals surface area contributed by atoms with Crippen LogP contribution >= 0.6 is 0 Å². The summed E-state index contributed by atoms with van der Waals surface area (Å²) in [6.45, 7) is 36.7. The molecule has 0 atom stereocenters. The number of nitrogens with zero attached hydrogens (tertiary/aromatic N) is 1. The van der Waals surface area contributed by atoms with Crippen molar-refractivity contribution in [2.75, 3.05) is 26.2 Å². The van der Waals surface area contributed by atoms with Gasteiger partial charge in [-0.15, -0.1) is 0 Å². The Morgan fingerprint density at radius 1 is 0.524 bits per heavy atom. The summed E-state index contributed by atoms with van der Waals surface area (Å²) in [6.07, 6.45) is 0. The monoisotopic (exact) mass is 403 g/mol. The molecule has 0 N–H and O–H groups in total. The molecule has 0 aromatic rings. The second kappa shape index (κ2) is 73.4. The molecule has 0 bridgehead atoms. The Kier molecular flexibility index (Phi) is 174. The van der Waals surface area contributed by atoms with E-state index in [1.165, 1.54) is 30.7 Å². The first-order valence-corrected chi connectivity index (χ1v) is 5.11. The first-order chi connectivity index (χ1) is 9.24. The Labute approximate surface area is 148 Å². The van der Waals surface area contributed by atoms with Gasteiger partial charge in [-0.1, -0.05) is 0 Å². The van der Waals surface area contributed by atoms with Crippen LogP contribution in [-0.4, -0.2) is 30.7 Å². The largest absolute Gasteiger partial charge is 1.00 e. The SMILES string of the molecule is CC[N+](CC)(CC)CC.[C-]#[O+].[C-]#[O+].[C-]#[O+].[C-]#[O+].[C-]#[O+].[Cl-].[Mo]. The smallest absolute Gasteiger partial charge is 0 e. The molecule has 6 nitrogen and oxygen atoms in total. The average Bonchev–Trinajstić information content (AvgIpc) is 2.59. The molecule has 0 amide bonds. The molecular formula is C13H20ClMoNO5. The van der Waals surface area contributed by atoms with E-state index in [1.54, 1.807) is 0 Å². The van der Waals surface area contributed by atoms with E-state index in [2.05, 4.69) is 60.9 Å². The average molecular weight is 402 g/mol. The van der Waals surface area contributed by atoms with Crippen LogP contribution < -0.4 is 12.4 Å². The van der Waals surface area contributed by atoms with E-state index >= 15 is 0 Å². The molecule has 0 spiro atoms. The fourth-order valence-corrected chi connectivity index (χ4v) is 1.34. The van der Waals surface area contributed by atoms with E-state index < -0.39 is 0 Å². The van der Waals surface area contributed by atoms with Gasteiger partial charge in [0.1, 0.15) is 0 Å². The molecule has 0 aliphatic heterocycles. The third-order valence-corrected chi connectivity index (χ3v) is 2.68. The van der Waals surface area contributed by atoms with Crippen molar-refractivity contribution in [2.45, 2.75) is 27.7 Å². The van der Waals surface area contributed by atoms with E-state index in [1.807, 2.05) is 0 Å². The second-order valence-corrected chi connectivity index (χ2v) is 2.61. The minimum Gasteiger partial charge on any atom is -1.00 e. The van der Waals surface area contributed by atoms with Gasteiger partial charge in [-0.25, -0.2) is 0 Å². The summed E-state index contributed by atoms with van der Waals surface area (Å²) in [5.74, 6) is 0. The minimum absolute atomic E-state index is 0. The number of quaternary nitrogens is 1. The molecule has 120 valence electrons. The maximum Gasteiger partial charge on any atom is 0 e. The zero-order chi connectivity index (χ0) is 17.3. The van der Waals surface area contributed by atoms with E-state index in [9.17, 15) is 0 Å². The third kappa shape index (κ3) is 45.1. The van der Waals surface area contributed by atoms with Gasteiger partial charge in [-0.05, 0) is 27.7 Å². The zero-order valence-electron chi connectivity index (χ0n) is 12.6. The van der Waals surface area contributed by atoms with Crippen LogP contribution in [0.15, 0.2) is 0 Å². The topological polar surface area (TPSA) is 99.5 Å². The van der Waals surface area contributed by atoms with Crippen molar-refractivity contribution >= 4 is 0 Å². The van der Waals surface area contributed by atoms with Crippen molar-refractivity contribution in [3.05, 3.63) is 33.3 Å². The zero-order valence-corrected chi connectivity index (χ0v) is 15.4. The summed E-state index contributed by atoms with van der Waals surface area (Å²) in [4.78, 5) is 0. The molecule has 0 aliphatic rings. The van der Waals surface area contributed by atoms with Gasteiger partial charge in [-0.3, -0.25) is 0 Å². The number of rotatable bonds is 4. The number of halogens is 1. The van der Waals surface area contributed by atoms with Crippen LogP contribution in [-0.2, 0) is 44.3 Å². The Morgan fingerprint density at radius 3 is 0.619 bits per heavy atom. The minimum atomic E-state index is 0. The maximum absolute atomic E-state index is 7.50. The van der Waals surface area contributed by atoms with Crippen molar-refractivity contribution in [1.29, 1.82) is 0 Å². The second-order valence-electron chi connectivity index (χ2n) is 2.61. The first kappa shape index (κ1) is 49.8. The van der Waals surface area contributed by atoms with E-state index in [4.69, 9.17) is 23.3 Å². The molecule has 0 fully saturated rings. The van der Waals surface area contributed by atoms with E-state index in [0.29, 0.717) is 0 Å². The van der Waals surface area contributed by atoms with Crippen molar-refractivity contribution in [1.82, 2.24) is 0 Å². The molecule has 0 radical (unpaired) electrons. The Bertz CT molecular complexity index is 183. The van der Waals surface area contributed by atoms with Gasteiger partial charge in [0.25, 0.3) is 0 Å². The summed E-state index contributed by atoms with van der Waals surface area (Å²) in [7, 11) is 0. The first-order valence-electron chi connectivity index (χ1n) is 5.11. The van der Waals surface area contributed by atoms with Gasteiger partial charge < -0.3 is 16.9 Å². The molecule has 0 aromatic carbocycles. The van der Waals surface area contributed by atoms with Crippen molar-refractivity contribution in [3.63, 3.8) is 0 Å². The molecular weight excluding hydrogens is 382 g/mol. The fourth-order valence-electron chi connectivity index (χ4n) is 1.34. The third-order valence-electron chi connectivity index (χ3n) is 2.68. The van der Waals surface area contributed by atoms with Crippen LogP contribution in [0.5, 0.6) is 0 Å². The summed E-state index contributed by atoms with van der Waals surface area (Å²) in [5.41, 5.74) is 0. The van der Waals surface area contributed by atoms with Gasteiger partial charge in [0.15, 0.2) is 0 Å². The molecule has 0 aliphatic carbocycles. The van der Waals surface area contributed by atoms with Crippen molar-refractivity contribution in [2.24, 2.45) is 0 Å². The molecule has 0 saturated heterocycles. The van der Waals surface area contributed by atoms with Crippen LogP contribution in [0, 0.1) is 33.3 Å². The number of hydrogen-bond donors (Lipinski definition) is 0. The molecule has 0 aromatic heterocycles. The van der Waals surface area contributed by atoms with E-state index in [0.717, 1.165) is 0 Å². The number of hydrogen-bond acceptors (Lipinski definition) is 0. The van der Waals surface area contributed by atoms with Gasteiger partial charge in [0.2, 0.25) is 0 Å². The normalized spacial score (nSPS) is 5.62. The molecule has 0 heterocycles. The van der Waals surface area contributed by atoms with Crippen molar-refractivity contribution < 1.29 is 61.2 Å². The van der Waals surface area contributed by atoms with Gasteiger partial charge in [0.05, 0.1) is 26.2 Å². The molecule has 0 rings (SSSR count). The predicted molar refractivity (Wildman–Crippen MR) is 62.1 cm³/mol. The van der Waals surface area contributed by atoms with Gasteiger partial charge in [-0.2, -0.15) is 0 Å². The van der Waals surface area contributed by atoms with Crippen LogP contribution in [0.25, 0.3) is 0 Å². The van der Waals surface area contributed by atoms with Gasteiger partial charge in [0, 0.05) is 21.1 Å². The predicted octanol–water partition coefficient (Wildman–Crippen LogP) is -1.30.